The van der Waals surface area contributed by atoms with Crippen molar-refractivity contribution in [3.8, 4) is 0 Å². The Bertz CT molecular complexity index is 159. The van der Waals surface area contributed by atoms with Gasteiger partial charge in [-0.3, -0.25) is 0 Å². The molecule has 1 rings (SSSR count). The van der Waals surface area contributed by atoms with Crippen molar-refractivity contribution < 1.29 is 34.7 Å². The predicted octanol–water partition coefficient (Wildman–Crippen LogP) is 0.237. The van der Waals surface area contributed by atoms with Crippen molar-refractivity contribution in [1.29, 1.82) is 0 Å². The van der Waals surface area contributed by atoms with Crippen LogP contribution in [0.1, 0.15) is 0 Å². The molecule has 0 spiro atoms. The molecular weight excluding hydrogens is 251 g/mol. The van der Waals surface area contributed by atoms with Gasteiger partial charge in [-0.2, -0.15) is 0 Å². The molecule has 0 N–H and O–H groups in total. The molecule has 0 saturated carbocycles. The molecule has 0 amide bonds. The molecule has 0 aromatic rings. The SMILES string of the molecule is ClC1=COC=CO1.[O]=[Zr][SiH3]. The Balaban J connectivity index is 0.000000236. The van der Waals surface area contributed by atoms with E-state index in [9.17, 15) is 0 Å². The molecule has 0 bridgehead atoms. The summed E-state index contributed by atoms with van der Waals surface area (Å²) >= 11 is 4.40. The van der Waals surface area contributed by atoms with Crippen LogP contribution >= 0.6 is 11.6 Å². The Kier molecular flexibility index (Phi) is 7.58. The molecule has 55 valence electrons. The summed E-state index contributed by atoms with van der Waals surface area (Å²) in [5, 5.41) is 0.252. The number of rotatable bonds is 0. The van der Waals surface area contributed by atoms with E-state index in [-0.39, 0.29) is 5.22 Å². The molecule has 1 aliphatic heterocycles. The average molecular weight is 257 g/mol. The molecule has 10 heavy (non-hydrogen) atoms. The molecule has 0 radical (unpaired) electrons. The van der Waals surface area contributed by atoms with Gasteiger partial charge < -0.3 is 9.47 Å². The first kappa shape index (κ1) is 10.3. The zero-order chi connectivity index (χ0) is 7.82. The van der Waals surface area contributed by atoms with Crippen LogP contribution in [0.5, 0.6) is 0 Å². The van der Waals surface area contributed by atoms with Crippen LogP contribution in [0.15, 0.2) is 24.0 Å². The summed E-state index contributed by atoms with van der Waals surface area (Å²) in [6.07, 6.45) is 4.07. The third kappa shape index (κ3) is 6.39. The Hall–Kier alpha value is 0.270. The minimum atomic E-state index is -0.881. The molecule has 3 nitrogen and oxygen atoms in total. The van der Waals surface area contributed by atoms with Gasteiger partial charge >= 0.3 is 32.6 Å². The summed E-state index contributed by atoms with van der Waals surface area (Å²) in [7, 11) is 0.983. The van der Waals surface area contributed by atoms with Gasteiger partial charge in [0, 0.05) is 0 Å². The van der Waals surface area contributed by atoms with Crippen molar-refractivity contribution >= 4 is 19.0 Å². The molecule has 0 aromatic heterocycles. The van der Waals surface area contributed by atoms with Crippen LogP contribution in [0.3, 0.4) is 0 Å². The van der Waals surface area contributed by atoms with E-state index in [1.165, 1.54) is 18.8 Å². The normalized spacial score (nSPS) is 13.1. The quantitative estimate of drug-likeness (QED) is 0.583. The first-order valence-electron chi connectivity index (χ1n) is 2.43. The second kappa shape index (κ2) is 7.38. The van der Waals surface area contributed by atoms with E-state index < -0.39 is 22.4 Å². The number of halogens is 1. The van der Waals surface area contributed by atoms with Crippen molar-refractivity contribution in [3.63, 3.8) is 0 Å². The summed E-state index contributed by atoms with van der Waals surface area (Å²) in [5.74, 6) is 0. The zero-order valence-corrected chi connectivity index (χ0v) is 10.5. The Morgan fingerprint density at radius 2 is 2.20 bits per heavy atom. The van der Waals surface area contributed by atoms with Crippen LogP contribution in [0.4, 0.5) is 0 Å². The van der Waals surface area contributed by atoms with Crippen molar-refractivity contribution in [2.75, 3.05) is 0 Å². The molecule has 0 unspecified atom stereocenters. The van der Waals surface area contributed by atoms with Gasteiger partial charge in [0.15, 0.2) is 0 Å². The minimum absolute atomic E-state index is 0.252. The molecule has 1 heterocycles. The fourth-order valence-corrected chi connectivity index (χ4v) is 0.348. The first-order chi connectivity index (χ1) is 4.81. The number of hydrogen-bond acceptors (Lipinski definition) is 3. The molecule has 0 aliphatic carbocycles. The van der Waals surface area contributed by atoms with Crippen molar-refractivity contribution in [2.45, 2.75) is 0 Å². The van der Waals surface area contributed by atoms with E-state index in [2.05, 4.69) is 9.47 Å². The maximum absolute atomic E-state index is 9.16. The molecule has 0 aromatic carbocycles. The van der Waals surface area contributed by atoms with Gasteiger partial charge in [-0.25, -0.2) is 0 Å². The molecule has 0 saturated heterocycles. The number of hydrogen-bond donors (Lipinski definition) is 0. The predicted molar refractivity (Wildman–Crippen MR) is 35.9 cm³/mol. The Morgan fingerprint density at radius 1 is 1.60 bits per heavy atom. The van der Waals surface area contributed by atoms with Gasteiger partial charge in [-0.15, -0.1) is 0 Å². The average Bonchev–Trinajstić information content (AvgIpc) is 1.91. The molecular formula is C4H6ClO3SiZr. The third-order valence-electron chi connectivity index (χ3n) is 0.475. The van der Waals surface area contributed by atoms with Gasteiger partial charge in [-0.05, 0) is 11.6 Å². The van der Waals surface area contributed by atoms with E-state index in [1.54, 1.807) is 0 Å². The van der Waals surface area contributed by atoms with E-state index >= 15 is 0 Å². The van der Waals surface area contributed by atoms with E-state index in [4.69, 9.17) is 14.4 Å². The van der Waals surface area contributed by atoms with Crippen molar-refractivity contribution in [1.82, 2.24) is 0 Å². The van der Waals surface area contributed by atoms with Crippen LogP contribution in [-0.2, 0) is 34.7 Å². The molecule has 0 fully saturated rings. The van der Waals surface area contributed by atoms with E-state index in [1.807, 2.05) is 0 Å². The summed E-state index contributed by atoms with van der Waals surface area (Å²) in [6, 6.07) is 0. The van der Waals surface area contributed by atoms with Gasteiger partial charge in [0.2, 0.25) is 5.22 Å². The second-order valence-electron chi connectivity index (χ2n) is 1.15. The fraction of sp³-hybridized carbons (Fsp3) is 0. The molecule has 0 atom stereocenters. The van der Waals surface area contributed by atoms with Crippen LogP contribution in [0, 0.1) is 0 Å². The van der Waals surface area contributed by atoms with Crippen molar-refractivity contribution in [3.05, 3.63) is 24.0 Å². The standard InChI is InChI=1S/C4H3ClO2.O.H3Si.Zr/c5-4-3-6-1-2-7-4;;;/h1-3H;;1H3;. The second-order valence-corrected chi connectivity index (χ2v) is 4.94. The molecule has 1 aliphatic rings. The Morgan fingerprint density at radius 3 is 2.40 bits per heavy atom. The van der Waals surface area contributed by atoms with Gasteiger partial charge in [0.25, 0.3) is 0 Å². The van der Waals surface area contributed by atoms with E-state index in [0.717, 1.165) is 7.37 Å². The van der Waals surface area contributed by atoms with Crippen molar-refractivity contribution in [2.24, 2.45) is 0 Å². The third-order valence-corrected chi connectivity index (χ3v) is 0.654. The summed E-state index contributed by atoms with van der Waals surface area (Å²) in [5.41, 5.74) is 0. The van der Waals surface area contributed by atoms with Gasteiger partial charge in [0.1, 0.15) is 18.8 Å². The molecule has 6 heteroatoms. The number of ether oxygens (including phenoxy) is 2. The first-order valence-corrected chi connectivity index (χ1v) is 12.2. The zero-order valence-electron chi connectivity index (χ0n) is 5.33. The topological polar surface area (TPSA) is 35.5 Å². The van der Waals surface area contributed by atoms with Gasteiger partial charge in [0.05, 0.1) is 0 Å². The maximum atomic E-state index is 9.16. The van der Waals surface area contributed by atoms with Crippen LogP contribution in [-0.4, -0.2) is 7.37 Å². The summed E-state index contributed by atoms with van der Waals surface area (Å²) in [4.78, 5) is 0. The van der Waals surface area contributed by atoms with Gasteiger partial charge in [-0.1, -0.05) is 0 Å². The van der Waals surface area contributed by atoms with E-state index in [0.29, 0.717) is 0 Å². The van der Waals surface area contributed by atoms with Crippen LogP contribution < -0.4 is 0 Å². The fourth-order valence-electron chi connectivity index (χ4n) is 0.245. The monoisotopic (exact) mass is 255 g/mol. The summed E-state index contributed by atoms with van der Waals surface area (Å²) < 4.78 is 18.3. The summed E-state index contributed by atoms with van der Waals surface area (Å²) in [6.45, 7) is 0. The van der Waals surface area contributed by atoms with Crippen LogP contribution in [0.25, 0.3) is 0 Å². The Labute approximate surface area is 77.4 Å². The van der Waals surface area contributed by atoms with Crippen LogP contribution in [0.2, 0.25) is 0 Å².